The summed E-state index contributed by atoms with van der Waals surface area (Å²) in [4.78, 5) is 22.5. The number of aromatic amines is 1. The lowest BCUT2D eigenvalue weighted by atomic mass is 10.2. The van der Waals surface area contributed by atoms with Gasteiger partial charge in [-0.2, -0.15) is 5.26 Å². The molecule has 1 N–H and O–H groups in total. The van der Waals surface area contributed by atoms with Gasteiger partial charge in [-0.3, -0.25) is 14.9 Å². The molecule has 1 aromatic heterocycles. The molecule has 1 aromatic rings. The highest BCUT2D eigenvalue weighted by Gasteiger charge is 2.26. The maximum atomic E-state index is 12.4. The Hall–Kier alpha value is -2.30. The third-order valence-electron chi connectivity index (χ3n) is 1.79. The van der Waals surface area contributed by atoms with Crippen molar-refractivity contribution in [1.29, 1.82) is 5.26 Å². The van der Waals surface area contributed by atoms with Crippen LogP contribution in [0, 0.1) is 21.4 Å². The number of hydrogen-bond donors (Lipinski definition) is 1. The molecule has 6 nitrogen and oxygen atoms in total. The fraction of sp³-hybridized carbons (Fsp3) is 0.250. The van der Waals surface area contributed by atoms with Crippen LogP contribution < -0.4 is 5.56 Å². The van der Waals surface area contributed by atoms with E-state index < -0.39 is 28.2 Å². The zero-order valence-corrected chi connectivity index (χ0v) is 7.74. The third-order valence-corrected chi connectivity index (χ3v) is 1.79. The quantitative estimate of drug-likeness (QED) is 0.623. The molecule has 0 spiro atoms. The smallest absolute Gasteiger partial charge is 0.285 e. The van der Waals surface area contributed by atoms with Crippen LogP contribution in [0.3, 0.4) is 0 Å². The molecule has 0 aromatic carbocycles. The summed E-state index contributed by atoms with van der Waals surface area (Å²) in [6.07, 6.45) is -3.53. The normalized spacial score (nSPS) is 10.1. The number of alkyl halides is 2. The van der Waals surface area contributed by atoms with Crippen molar-refractivity contribution in [3.63, 3.8) is 0 Å². The number of nitrogens with one attached hydrogen (secondary N) is 1. The molecule has 0 saturated heterocycles. The molecule has 1 heterocycles. The molecule has 0 atom stereocenters. The Balaban J connectivity index is 3.47. The van der Waals surface area contributed by atoms with Crippen molar-refractivity contribution in [2.75, 3.05) is 0 Å². The number of H-pyrrole nitrogens is 1. The van der Waals surface area contributed by atoms with Crippen LogP contribution in [0.5, 0.6) is 0 Å². The first-order valence-corrected chi connectivity index (χ1v) is 4.03. The minimum atomic E-state index is -3.24. The van der Waals surface area contributed by atoms with Crippen LogP contribution in [0.15, 0.2) is 10.9 Å². The lowest BCUT2D eigenvalue weighted by Gasteiger charge is -2.02. The summed E-state index contributed by atoms with van der Waals surface area (Å²) in [5, 5.41) is 18.8. The van der Waals surface area contributed by atoms with Crippen LogP contribution in [0.4, 0.5) is 14.5 Å². The van der Waals surface area contributed by atoms with E-state index in [0.717, 1.165) is 6.07 Å². The minimum absolute atomic E-state index is 0.0661. The second-order valence-electron chi connectivity index (χ2n) is 2.82. The van der Waals surface area contributed by atoms with Gasteiger partial charge in [0.15, 0.2) is 5.56 Å². The van der Waals surface area contributed by atoms with E-state index in [1.807, 2.05) is 4.98 Å². The van der Waals surface area contributed by atoms with Gasteiger partial charge >= 0.3 is 0 Å². The molecule has 0 bridgehead atoms. The van der Waals surface area contributed by atoms with Gasteiger partial charge in [0.25, 0.3) is 17.7 Å². The number of nitro groups is 1. The second-order valence-corrected chi connectivity index (χ2v) is 2.82. The van der Waals surface area contributed by atoms with E-state index in [4.69, 9.17) is 5.26 Å². The van der Waals surface area contributed by atoms with Gasteiger partial charge < -0.3 is 4.98 Å². The fourth-order valence-electron chi connectivity index (χ4n) is 1.15. The Morgan fingerprint density at radius 1 is 1.62 bits per heavy atom. The highest BCUT2D eigenvalue weighted by molar-refractivity contribution is 5.41. The molecular weight excluding hydrogens is 224 g/mol. The second kappa shape index (κ2) is 4.48. The van der Waals surface area contributed by atoms with Crippen molar-refractivity contribution in [3.8, 4) is 6.07 Å². The Bertz CT molecular complexity index is 518. The number of pyridine rings is 1. The van der Waals surface area contributed by atoms with E-state index in [0.29, 0.717) is 0 Å². The summed E-state index contributed by atoms with van der Waals surface area (Å²) >= 11 is 0. The Morgan fingerprint density at radius 2 is 2.25 bits per heavy atom. The van der Waals surface area contributed by atoms with E-state index in [2.05, 4.69) is 0 Å². The van der Waals surface area contributed by atoms with Crippen molar-refractivity contribution >= 4 is 5.69 Å². The molecule has 84 valence electrons. The molecule has 0 aliphatic heterocycles. The van der Waals surface area contributed by atoms with E-state index in [1.54, 1.807) is 6.07 Å². The lowest BCUT2D eigenvalue weighted by molar-refractivity contribution is -0.386. The molecule has 1 rings (SSSR count). The number of rotatable bonds is 3. The fourth-order valence-corrected chi connectivity index (χ4v) is 1.15. The van der Waals surface area contributed by atoms with Crippen molar-refractivity contribution in [3.05, 3.63) is 37.8 Å². The maximum absolute atomic E-state index is 12.4. The molecule has 0 aliphatic carbocycles. The van der Waals surface area contributed by atoms with Crippen LogP contribution in [0.25, 0.3) is 0 Å². The third kappa shape index (κ3) is 2.20. The molecule has 0 unspecified atom stereocenters. The minimum Gasteiger partial charge on any atom is -0.324 e. The van der Waals surface area contributed by atoms with E-state index in [-0.39, 0.29) is 12.1 Å². The molecule has 16 heavy (non-hydrogen) atoms. The monoisotopic (exact) mass is 229 g/mol. The average Bonchev–Trinajstić information content (AvgIpc) is 2.16. The van der Waals surface area contributed by atoms with Crippen LogP contribution in [-0.2, 0) is 6.42 Å². The van der Waals surface area contributed by atoms with Crippen molar-refractivity contribution in [2.45, 2.75) is 12.8 Å². The summed E-state index contributed by atoms with van der Waals surface area (Å²) in [6.45, 7) is 0. The number of halogens is 2. The number of nitrogens with zero attached hydrogens (tertiary/aromatic N) is 2. The van der Waals surface area contributed by atoms with Gasteiger partial charge in [-0.1, -0.05) is 0 Å². The highest BCUT2D eigenvalue weighted by atomic mass is 19.3. The van der Waals surface area contributed by atoms with Crippen molar-refractivity contribution in [1.82, 2.24) is 4.98 Å². The van der Waals surface area contributed by atoms with Crippen LogP contribution >= 0.6 is 0 Å². The van der Waals surface area contributed by atoms with Gasteiger partial charge in [-0.05, 0) is 0 Å². The average molecular weight is 229 g/mol. The van der Waals surface area contributed by atoms with Gasteiger partial charge in [0, 0.05) is 11.8 Å². The van der Waals surface area contributed by atoms with Gasteiger partial charge in [-0.15, -0.1) is 0 Å². The van der Waals surface area contributed by atoms with Crippen LogP contribution in [0.2, 0.25) is 0 Å². The predicted molar refractivity (Wildman–Crippen MR) is 48.0 cm³/mol. The SMILES string of the molecule is N#CCc1cc([N+](=O)[O-])c(C(F)F)c(=O)[nH]1. The highest BCUT2D eigenvalue weighted by Crippen LogP contribution is 2.25. The maximum Gasteiger partial charge on any atom is 0.285 e. The Labute approximate surface area is 87.3 Å². The van der Waals surface area contributed by atoms with E-state index >= 15 is 0 Å². The number of nitriles is 1. The zero-order chi connectivity index (χ0) is 12.3. The van der Waals surface area contributed by atoms with Gasteiger partial charge in [0.05, 0.1) is 17.4 Å². The Kier molecular flexibility index (Phi) is 3.30. The van der Waals surface area contributed by atoms with E-state index in [1.165, 1.54) is 0 Å². The largest absolute Gasteiger partial charge is 0.324 e. The molecule has 0 saturated carbocycles. The van der Waals surface area contributed by atoms with Gasteiger partial charge in [0.2, 0.25) is 0 Å². The van der Waals surface area contributed by atoms with E-state index in [9.17, 15) is 23.7 Å². The van der Waals surface area contributed by atoms with Crippen molar-refractivity contribution in [2.24, 2.45) is 0 Å². The summed E-state index contributed by atoms with van der Waals surface area (Å²) < 4.78 is 24.8. The topological polar surface area (TPSA) is 99.8 Å². The summed E-state index contributed by atoms with van der Waals surface area (Å²) in [5.74, 6) is 0. The first-order chi connectivity index (χ1) is 7.47. The molecule has 0 fully saturated rings. The number of hydrogen-bond acceptors (Lipinski definition) is 4. The Morgan fingerprint density at radius 3 is 2.69 bits per heavy atom. The van der Waals surface area contributed by atoms with Crippen molar-refractivity contribution < 1.29 is 13.7 Å². The molecular formula is C8H5F2N3O3. The summed E-state index contributed by atoms with van der Waals surface area (Å²) in [7, 11) is 0. The summed E-state index contributed by atoms with van der Waals surface area (Å²) in [6, 6.07) is 2.42. The molecule has 0 amide bonds. The van der Waals surface area contributed by atoms with Crippen LogP contribution in [0.1, 0.15) is 17.7 Å². The first kappa shape index (κ1) is 11.8. The summed E-state index contributed by atoms with van der Waals surface area (Å²) in [5.41, 5.74) is -3.46. The molecule has 8 heteroatoms. The van der Waals surface area contributed by atoms with Crippen LogP contribution in [-0.4, -0.2) is 9.91 Å². The number of aromatic nitrogens is 1. The zero-order valence-electron chi connectivity index (χ0n) is 7.74. The van der Waals surface area contributed by atoms with Gasteiger partial charge in [0.1, 0.15) is 0 Å². The molecule has 0 radical (unpaired) electrons. The first-order valence-electron chi connectivity index (χ1n) is 4.03. The van der Waals surface area contributed by atoms with Gasteiger partial charge in [-0.25, -0.2) is 8.78 Å². The molecule has 0 aliphatic rings. The predicted octanol–water partition coefficient (Wildman–Crippen LogP) is 1.29. The standard InChI is InChI=1S/C8H5F2N3O3/c9-7(10)6-5(13(15)16)3-4(1-2-11)12-8(6)14/h3,7H,1H2,(H,12,14). The lowest BCUT2D eigenvalue weighted by Crippen LogP contribution is -2.17.